The Labute approximate surface area is 136 Å². The summed E-state index contributed by atoms with van der Waals surface area (Å²) in [5.74, 6) is -0.261. The first-order valence-corrected chi connectivity index (χ1v) is 8.04. The highest BCUT2D eigenvalue weighted by Gasteiger charge is 2.49. The second kappa shape index (κ2) is 5.57. The van der Waals surface area contributed by atoms with Crippen molar-refractivity contribution in [3.05, 3.63) is 27.7 Å². The van der Waals surface area contributed by atoms with Gasteiger partial charge in [-0.2, -0.15) is 0 Å². The zero-order valence-corrected chi connectivity index (χ0v) is 13.9. The number of carbonyl (C=O) groups excluding carboxylic acids is 1. The molecule has 3 rings (SSSR count). The monoisotopic (exact) mass is 368 g/mol. The Morgan fingerprint density at radius 1 is 1.45 bits per heavy atom. The summed E-state index contributed by atoms with van der Waals surface area (Å²) in [4.78, 5) is 22.5. The quantitative estimate of drug-likeness (QED) is 0.829. The van der Waals surface area contributed by atoms with Crippen LogP contribution in [0.2, 0.25) is 0 Å². The molecule has 0 aromatic heterocycles. The molecule has 1 fully saturated rings. The lowest BCUT2D eigenvalue weighted by molar-refractivity contribution is -0.142. The number of hydrogen-bond donors (Lipinski definition) is 1. The SMILES string of the molecule is CC(=O)OCC1[C@H]2c3cc(Br)cc(C(=O)O)c3OC2C[C@@H]1C. The third-order valence-corrected chi connectivity index (χ3v) is 5.07. The highest BCUT2D eigenvalue weighted by Crippen LogP contribution is 2.54. The summed E-state index contributed by atoms with van der Waals surface area (Å²) in [6.07, 6.45) is 0.792. The lowest BCUT2D eigenvalue weighted by Gasteiger charge is -2.21. The zero-order chi connectivity index (χ0) is 16.0. The fraction of sp³-hybridized carbons (Fsp3) is 0.500. The second-order valence-electron chi connectivity index (χ2n) is 6.04. The first-order chi connectivity index (χ1) is 10.4. The molecule has 0 saturated heterocycles. The molecule has 1 aliphatic carbocycles. The van der Waals surface area contributed by atoms with Crippen LogP contribution in [0.5, 0.6) is 5.75 Å². The van der Waals surface area contributed by atoms with Gasteiger partial charge in [0.05, 0.1) is 6.61 Å². The minimum Gasteiger partial charge on any atom is -0.489 e. The normalized spacial score (nSPS) is 28.7. The van der Waals surface area contributed by atoms with Crippen molar-refractivity contribution in [3.63, 3.8) is 0 Å². The van der Waals surface area contributed by atoms with Crippen LogP contribution >= 0.6 is 15.9 Å². The summed E-state index contributed by atoms with van der Waals surface area (Å²) in [6.45, 7) is 3.86. The van der Waals surface area contributed by atoms with E-state index in [4.69, 9.17) is 9.47 Å². The molecule has 1 aromatic carbocycles. The van der Waals surface area contributed by atoms with Crippen molar-refractivity contribution in [3.8, 4) is 5.75 Å². The van der Waals surface area contributed by atoms with Crippen molar-refractivity contribution in [1.29, 1.82) is 0 Å². The van der Waals surface area contributed by atoms with Crippen molar-refractivity contribution in [2.75, 3.05) is 6.61 Å². The number of ether oxygens (including phenoxy) is 2. The van der Waals surface area contributed by atoms with Gasteiger partial charge >= 0.3 is 11.9 Å². The summed E-state index contributed by atoms with van der Waals surface area (Å²) in [5.41, 5.74) is 1.08. The Morgan fingerprint density at radius 3 is 2.82 bits per heavy atom. The van der Waals surface area contributed by atoms with Gasteiger partial charge in [-0.15, -0.1) is 0 Å². The molecule has 0 amide bonds. The van der Waals surface area contributed by atoms with E-state index in [1.54, 1.807) is 6.07 Å². The molecule has 6 heteroatoms. The highest BCUT2D eigenvalue weighted by atomic mass is 79.9. The Kier molecular flexibility index (Phi) is 3.89. The van der Waals surface area contributed by atoms with Crippen LogP contribution in [0.15, 0.2) is 16.6 Å². The maximum atomic E-state index is 11.4. The van der Waals surface area contributed by atoms with E-state index in [1.807, 2.05) is 6.07 Å². The van der Waals surface area contributed by atoms with E-state index in [1.165, 1.54) is 6.92 Å². The molecule has 22 heavy (non-hydrogen) atoms. The van der Waals surface area contributed by atoms with Gasteiger partial charge in [-0.3, -0.25) is 4.79 Å². The summed E-state index contributed by atoms with van der Waals surface area (Å²) in [7, 11) is 0. The fourth-order valence-electron chi connectivity index (χ4n) is 3.66. The molecule has 1 N–H and O–H groups in total. The first-order valence-electron chi connectivity index (χ1n) is 7.25. The molecule has 1 aromatic rings. The van der Waals surface area contributed by atoms with Gasteiger partial charge in [-0.05, 0) is 24.5 Å². The van der Waals surface area contributed by atoms with Gasteiger partial charge in [-0.1, -0.05) is 22.9 Å². The molecular weight excluding hydrogens is 352 g/mol. The van der Waals surface area contributed by atoms with E-state index in [-0.39, 0.29) is 29.5 Å². The van der Waals surface area contributed by atoms with Crippen LogP contribution in [0.3, 0.4) is 0 Å². The van der Waals surface area contributed by atoms with Crippen LogP contribution in [0, 0.1) is 11.8 Å². The smallest absolute Gasteiger partial charge is 0.339 e. The zero-order valence-electron chi connectivity index (χ0n) is 12.3. The Balaban J connectivity index is 1.98. The van der Waals surface area contributed by atoms with E-state index in [0.717, 1.165) is 16.5 Å². The van der Waals surface area contributed by atoms with Crippen LogP contribution in [-0.2, 0) is 9.53 Å². The molecule has 5 nitrogen and oxygen atoms in total. The standard InChI is InChI=1S/C16H17BrO5/c1-7-3-13-14(12(7)6-21-8(2)18)10-4-9(17)5-11(16(19)20)15(10)22-13/h4-5,7,12-14H,3,6H2,1-2H3,(H,19,20)/t7-,12?,13?,14+/m0/s1. The maximum absolute atomic E-state index is 11.4. The molecular formula is C16H17BrO5. The molecule has 118 valence electrons. The largest absolute Gasteiger partial charge is 0.489 e. The molecule has 0 radical (unpaired) electrons. The van der Waals surface area contributed by atoms with Crippen molar-refractivity contribution in [2.24, 2.45) is 11.8 Å². The number of halogens is 1. The third kappa shape index (κ3) is 2.49. The summed E-state index contributed by atoms with van der Waals surface area (Å²) in [5, 5.41) is 9.36. The van der Waals surface area contributed by atoms with E-state index in [2.05, 4.69) is 22.9 Å². The lowest BCUT2D eigenvalue weighted by atomic mass is 9.85. The van der Waals surface area contributed by atoms with Crippen molar-refractivity contribution in [1.82, 2.24) is 0 Å². The number of rotatable bonds is 3. The highest BCUT2D eigenvalue weighted by molar-refractivity contribution is 9.10. The van der Waals surface area contributed by atoms with Crippen molar-refractivity contribution < 1.29 is 24.2 Å². The van der Waals surface area contributed by atoms with Gasteiger partial charge in [0.1, 0.15) is 17.4 Å². The summed E-state index contributed by atoms with van der Waals surface area (Å²) < 4.78 is 11.9. The van der Waals surface area contributed by atoms with E-state index >= 15 is 0 Å². The lowest BCUT2D eigenvalue weighted by Crippen LogP contribution is -2.21. The number of carbonyl (C=O) groups is 2. The molecule has 0 bridgehead atoms. The maximum Gasteiger partial charge on any atom is 0.339 e. The van der Waals surface area contributed by atoms with Crippen LogP contribution in [0.25, 0.3) is 0 Å². The fourth-order valence-corrected chi connectivity index (χ4v) is 4.13. The number of carboxylic acid groups (broad SMARTS) is 1. The second-order valence-corrected chi connectivity index (χ2v) is 6.95. The number of carboxylic acids is 1. The molecule has 4 atom stereocenters. The van der Waals surface area contributed by atoms with E-state index in [9.17, 15) is 14.7 Å². The predicted molar refractivity (Wildman–Crippen MR) is 82.2 cm³/mol. The van der Waals surface area contributed by atoms with Crippen LogP contribution in [0.1, 0.15) is 42.1 Å². The van der Waals surface area contributed by atoms with E-state index < -0.39 is 5.97 Å². The predicted octanol–water partition coefficient (Wildman–Crippen LogP) is 3.21. The number of esters is 1. The Hall–Kier alpha value is -1.56. The van der Waals surface area contributed by atoms with Gasteiger partial charge in [0, 0.05) is 28.8 Å². The average molecular weight is 369 g/mol. The van der Waals surface area contributed by atoms with E-state index in [0.29, 0.717) is 18.3 Å². The first kappa shape index (κ1) is 15.3. The summed E-state index contributed by atoms with van der Waals surface area (Å²) >= 11 is 3.37. The van der Waals surface area contributed by atoms with Crippen LogP contribution in [0.4, 0.5) is 0 Å². The number of benzene rings is 1. The van der Waals surface area contributed by atoms with Gasteiger partial charge in [-0.25, -0.2) is 4.79 Å². The molecule has 1 saturated carbocycles. The Morgan fingerprint density at radius 2 is 2.18 bits per heavy atom. The molecule has 2 aliphatic rings. The summed E-state index contributed by atoms with van der Waals surface area (Å²) in [6, 6.07) is 3.48. The molecule has 0 spiro atoms. The van der Waals surface area contributed by atoms with Crippen molar-refractivity contribution >= 4 is 27.9 Å². The van der Waals surface area contributed by atoms with Crippen LogP contribution in [-0.4, -0.2) is 29.8 Å². The van der Waals surface area contributed by atoms with Gasteiger partial charge in [0.15, 0.2) is 0 Å². The number of aromatic carboxylic acids is 1. The third-order valence-electron chi connectivity index (χ3n) is 4.62. The van der Waals surface area contributed by atoms with Crippen LogP contribution < -0.4 is 4.74 Å². The Bertz CT molecular complexity index is 642. The van der Waals surface area contributed by atoms with Gasteiger partial charge in [0.2, 0.25) is 0 Å². The molecule has 1 heterocycles. The minimum absolute atomic E-state index is 0.0436. The van der Waals surface area contributed by atoms with Gasteiger partial charge in [0.25, 0.3) is 0 Å². The topological polar surface area (TPSA) is 72.8 Å². The van der Waals surface area contributed by atoms with Gasteiger partial charge < -0.3 is 14.6 Å². The van der Waals surface area contributed by atoms with Crippen molar-refractivity contribution in [2.45, 2.75) is 32.3 Å². The minimum atomic E-state index is -0.998. The molecule has 1 aliphatic heterocycles. The molecule has 2 unspecified atom stereocenters. The number of fused-ring (bicyclic) bond motifs is 3. The number of hydrogen-bond acceptors (Lipinski definition) is 4. The average Bonchev–Trinajstić information content (AvgIpc) is 2.90.